The number of aliphatic hydroxyl groups is 1. The number of carbonyl (C=O) groups excluding carboxylic acids is 1. The molecule has 2 N–H and O–H groups in total. The second kappa shape index (κ2) is 6.40. The van der Waals surface area contributed by atoms with Crippen molar-refractivity contribution >= 4 is 5.91 Å². The quantitative estimate of drug-likeness (QED) is 0.750. The Hall–Kier alpha value is -1.55. The summed E-state index contributed by atoms with van der Waals surface area (Å²) in [4.78, 5) is 12.0. The van der Waals surface area contributed by atoms with E-state index in [4.69, 9.17) is 9.84 Å². The van der Waals surface area contributed by atoms with Crippen molar-refractivity contribution in [3.63, 3.8) is 0 Å². The summed E-state index contributed by atoms with van der Waals surface area (Å²) >= 11 is 0. The maximum absolute atomic E-state index is 12.0. The number of ether oxygens (including phenoxy) is 1. The van der Waals surface area contributed by atoms with E-state index < -0.39 is 0 Å². The van der Waals surface area contributed by atoms with Crippen molar-refractivity contribution in [1.82, 2.24) is 5.32 Å². The summed E-state index contributed by atoms with van der Waals surface area (Å²) in [5, 5.41) is 11.6. The fourth-order valence-electron chi connectivity index (χ4n) is 2.13. The van der Waals surface area contributed by atoms with Gasteiger partial charge in [-0.25, -0.2) is 0 Å². The van der Waals surface area contributed by atoms with Gasteiger partial charge in [-0.2, -0.15) is 0 Å². The summed E-state index contributed by atoms with van der Waals surface area (Å²) < 4.78 is 5.48. The number of hydrogen-bond acceptors (Lipinski definition) is 3. The molecule has 1 aliphatic heterocycles. The molecule has 1 aliphatic rings. The van der Waals surface area contributed by atoms with Crippen molar-refractivity contribution in [2.24, 2.45) is 0 Å². The Balaban J connectivity index is 1.80. The fourth-order valence-corrected chi connectivity index (χ4v) is 2.13. The van der Waals surface area contributed by atoms with Gasteiger partial charge in [-0.3, -0.25) is 4.79 Å². The third kappa shape index (κ3) is 3.01. The molecule has 1 atom stereocenters. The smallest absolute Gasteiger partial charge is 0.231 e. The van der Waals surface area contributed by atoms with Crippen molar-refractivity contribution < 1.29 is 14.6 Å². The van der Waals surface area contributed by atoms with Crippen LogP contribution in [0.25, 0.3) is 0 Å². The second-order valence-electron chi connectivity index (χ2n) is 4.48. The molecule has 98 valence electrons. The van der Waals surface area contributed by atoms with E-state index >= 15 is 0 Å². The minimum atomic E-state index is -0.181. The van der Waals surface area contributed by atoms with Crippen LogP contribution >= 0.6 is 0 Å². The molecule has 4 heteroatoms. The molecule has 0 saturated carbocycles. The average Bonchev–Trinajstić information content (AvgIpc) is 2.82. The lowest BCUT2D eigenvalue weighted by atomic mass is 10.0. The Kier molecular flexibility index (Phi) is 4.59. The van der Waals surface area contributed by atoms with Crippen molar-refractivity contribution in [2.75, 3.05) is 19.8 Å². The number of amides is 1. The molecule has 1 aromatic carbocycles. The Morgan fingerprint density at radius 3 is 3.00 bits per heavy atom. The number of nitrogens with one attached hydrogen (secondary N) is 1. The van der Waals surface area contributed by atoms with Crippen LogP contribution in [-0.4, -0.2) is 30.8 Å². The summed E-state index contributed by atoms with van der Waals surface area (Å²) in [6, 6.07) is 7.67. The largest absolute Gasteiger partial charge is 0.492 e. The topological polar surface area (TPSA) is 58.6 Å². The second-order valence-corrected chi connectivity index (χ2v) is 4.48. The summed E-state index contributed by atoms with van der Waals surface area (Å²) in [5.41, 5.74) is 0.977. The van der Waals surface area contributed by atoms with E-state index in [1.165, 1.54) is 0 Å². The predicted octanol–water partition coefficient (Wildman–Crippen LogP) is 1.44. The first-order chi connectivity index (χ1) is 8.83. The van der Waals surface area contributed by atoms with E-state index in [1.807, 2.05) is 24.3 Å². The van der Waals surface area contributed by atoms with E-state index in [2.05, 4.69) is 5.32 Å². The molecule has 0 spiro atoms. The number of aliphatic hydroxyl groups excluding tert-OH is 1. The van der Waals surface area contributed by atoms with E-state index in [0.717, 1.165) is 30.6 Å². The standard InChI is InChI=1S/C14H19NO3/c16-9-5-1-4-8-15-14(17)12-10-18-13-7-3-2-6-11(12)13/h2-3,6-7,12,16H,1,4-5,8-10H2,(H,15,17). The predicted molar refractivity (Wildman–Crippen MR) is 68.6 cm³/mol. The van der Waals surface area contributed by atoms with Crippen molar-refractivity contribution in [2.45, 2.75) is 25.2 Å². The monoisotopic (exact) mass is 249 g/mol. The molecule has 0 bridgehead atoms. The van der Waals surface area contributed by atoms with Crippen LogP contribution in [0.4, 0.5) is 0 Å². The molecule has 0 fully saturated rings. The SMILES string of the molecule is O=C(NCCCCCO)C1COc2ccccc21. The average molecular weight is 249 g/mol. The van der Waals surface area contributed by atoms with Gasteiger partial charge in [0.2, 0.25) is 5.91 Å². The Labute approximate surface area is 107 Å². The number of hydrogen-bond donors (Lipinski definition) is 2. The van der Waals surface area contributed by atoms with Gasteiger partial charge in [0.05, 0.1) is 0 Å². The maximum atomic E-state index is 12.0. The highest BCUT2D eigenvalue weighted by Gasteiger charge is 2.29. The highest BCUT2D eigenvalue weighted by Crippen LogP contribution is 2.33. The summed E-state index contributed by atoms with van der Waals surface area (Å²) in [6.07, 6.45) is 2.64. The molecular formula is C14H19NO3. The molecule has 1 aromatic rings. The fraction of sp³-hybridized carbons (Fsp3) is 0.500. The number of fused-ring (bicyclic) bond motifs is 1. The van der Waals surface area contributed by atoms with E-state index in [-0.39, 0.29) is 18.4 Å². The normalized spacial score (nSPS) is 17.1. The van der Waals surface area contributed by atoms with Gasteiger partial charge >= 0.3 is 0 Å². The number of benzene rings is 1. The number of rotatable bonds is 6. The van der Waals surface area contributed by atoms with E-state index in [0.29, 0.717) is 13.2 Å². The number of carbonyl (C=O) groups is 1. The summed E-state index contributed by atoms with van der Waals surface area (Å²) in [6.45, 7) is 1.32. The van der Waals surface area contributed by atoms with Gasteiger partial charge in [-0.05, 0) is 25.3 Å². The van der Waals surface area contributed by atoms with Gasteiger partial charge in [0.25, 0.3) is 0 Å². The Morgan fingerprint density at radius 1 is 1.33 bits per heavy atom. The first kappa shape index (κ1) is 12.9. The Bertz CT molecular complexity index is 406. The molecule has 1 unspecified atom stereocenters. The van der Waals surface area contributed by atoms with E-state index in [9.17, 15) is 4.79 Å². The van der Waals surface area contributed by atoms with Crippen molar-refractivity contribution in [3.05, 3.63) is 29.8 Å². The van der Waals surface area contributed by atoms with Gasteiger partial charge in [0.15, 0.2) is 0 Å². The molecule has 4 nitrogen and oxygen atoms in total. The summed E-state index contributed by atoms with van der Waals surface area (Å²) in [7, 11) is 0. The zero-order valence-electron chi connectivity index (χ0n) is 10.4. The van der Waals surface area contributed by atoms with Crippen LogP contribution in [-0.2, 0) is 4.79 Å². The lowest BCUT2D eigenvalue weighted by Crippen LogP contribution is -2.30. The highest BCUT2D eigenvalue weighted by molar-refractivity contribution is 5.85. The maximum Gasteiger partial charge on any atom is 0.231 e. The molecule has 1 heterocycles. The zero-order valence-corrected chi connectivity index (χ0v) is 10.4. The van der Waals surface area contributed by atoms with Crippen molar-refractivity contribution in [3.8, 4) is 5.75 Å². The first-order valence-electron chi connectivity index (χ1n) is 6.43. The van der Waals surface area contributed by atoms with Gasteiger partial charge in [-0.1, -0.05) is 18.2 Å². The van der Waals surface area contributed by atoms with Gasteiger partial charge in [0.1, 0.15) is 18.3 Å². The molecule has 0 aliphatic carbocycles. The third-order valence-corrected chi connectivity index (χ3v) is 3.15. The Morgan fingerprint density at radius 2 is 2.17 bits per heavy atom. The van der Waals surface area contributed by atoms with Crippen molar-refractivity contribution in [1.29, 1.82) is 0 Å². The third-order valence-electron chi connectivity index (χ3n) is 3.15. The zero-order chi connectivity index (χ0) is 12.8. The van der Waals surface area contributed by atoms with E-state index in [1.54, 1.807) is 0 Å². The first-order valence-corrected chi connectivity index (χ1v) is 6.43. The van der Waals surface area contributed by atoms with Crippen LogP contribution in [0.15, 0.2) is 24.3 Å². The highest BCUT2D eigenvalue weighted by atomic mass is 16.5. The van der Waals surface area contributed by atoms with Crippen LogP contribution in [0.2, 0.25) is 0 Å². The molecule has 0 aromatic heterocycles. The number of para-hydroxylation sites is 1. The lowest BCUT2D eigenvalue weighted by Gasteiger charge is -2.09. The lowest BCUT2D eigenvalue weighted by molar-refractivity contribution is -0.122. The van der Waals surface area contributed by atoms with Crippen LogP contribution in [0.3, 0.4) is 0 Å². The van der Waals surface area contributed by atoms with Gasteiger partial charge < -0.3 is 15.2 Å². The van der Waals surface area contributed by atoms with Crippen LogP contribution in [0, 0.1) is 0 Å². The van der Waals surface area contributed by atoms with Crippen LogP contribution in [0.5, 0.6) is 5.75 Å². The number of unbranched alkanes of at least 4 members (excludes halogenated alkanes) is 2. The minimum Gasteiger partial charge on any atom is -0.492 e. The molecular weight excluding hydrogens is 230 g/mol. The van der Waals surface area contributed by atoms with Gasteiger partial charge in [0, 0.05) is 18.7 Å². The molecule has 18 heavy (non-hydrogen) atoms. The molecule has 2 rings (SSSR count). The van der Waals surface area contributed by atoms with Gasteiger partial charge in [-0.15, -0.1) is 0 Å². The molecule has 1 amide bonds. The van der Waals surface area contributed by atoms with Crippen LogP contribution in [0.1, 0.15) is 30.7 Å². The summed E-state index contributed by atoms with van der Waals surface area (Å²) in [5.74, 6) is 0.668. The minimum absolute atomic E-state index is 0.0314. The molecule has 0 radical (unpaired) electrons. The molecule has 0 saturated heterocycles. The van der Waals surface area contributed by atoms with Crippen LogP contribution < -0.4 is 10.1 Å².